The zero-order valence-corrected chi connectivity index (χ0v) is 12.6. The largest absolute Gasteiger partial charge is 0.338 e. The second-order valence-corrected chi connectivity index (χ2v) is 5.29. The third-order valence-electron chi connectivity index (χ3n) is 3.63. The molecule has 0 atom stereocenters. The van der Waals surface area contributed by atoms with E-state index in [1.807, 2.05) is 48.5 Å². The van der Waals surface area contributed by atoms with Crippen LogP contribution in [-0.2, 0) is 6.42 Å². The van der Waals surface area contributed by atoms with Crippen LogP contribution >= 0.6 is 0 Å². The highest BCUT2D eigenvalue weighted by atomic mass is 19.1. The lowest BCUT2D eigenvalue weighted by Crippen LogP contribution is -2.30. The number of hydrogen-bond acceptors (Lipinski definition) is 1. The van der Waals surface area contributed by atoms with E-state index in [4.69, 9.17) is 0 Å². The monoisotopic (exact) mass is 308 g/mol. The highest BCUT2D eigenvalue weighted by molar-refractivity contribution is 6.01. The molecule has 0 spiro atoms. The molecule has 0 saturated heterocycles. The van der Waals surface area contributed by atoms with Crippen molar-refractivity contribution in [2.24, 2.45) is 0 Å². The molecule has 0 aliphatic heterocycles. The van der Waals surface area contributed by atoms with Crippen molar-refractivity contribution in [3.63, 3.8) is 0 Å². The van der Waals surface area contributed by atoms with Gasteiger partial charge < -0.3 is 10.6 Å². The van der Waals surface area contributed by atoms with E-state index in [1.165, 1.54) is 12.1 Å². The summed E-state index contributed by atoms with van der Waals surface area (Å²) in [5.74, 6) is -0.261. The van der Waals surface area contributed by atoms with Crippen LogP contribution in [0.1, 0.15) is 5.56 Å². The average Bonchev–Trinajstić information content (AvgIpc) is 2.55. The Morgan fingerprint density at radius 1 is 0.957 bits per heavy atom. The molecule has 3 aromatic carbocycles. The van der Waals surface area contributed by atoms with E-state index >= 15 is 0 Å². The molecule has 3 rings (SSSR count). The Morgan fingerprint density at radius 3 is 2.61 bits per heavy atom. The smallest absolute Gasteiger partial charge is 0.319 e. The number of carbonyl (C=O) groups is 1. The van der Waals surface area contributed by atoms with Crippen molar-refractivity contribution in [1.29, 1.82) is 0 Å². The predicted molar refractivity (Wildman–Crippen MR) is 91.1 cm³/mol. The maximum absolute atomic E-state index is 13.1. The van der Waals surface area contributed by atoms with Crippen LogP contribution in [0.25, 0.3) is 10.8 Å². The van der Waals surface area contributed by atoms with Gasteiger partial charge >= 0.3 is 6.03 Å². The first-order valence-electron chi connectivity index (χ1n) is 7.49. The molecule has 2 amide bonds. The molecule has 0 saturated carbocycles. The number of rotatable bonds is 4. The van der Waals surface area contributed by atoms with Crippen molar-refractivity contribution in [3.8, 4) is 0 Å². The number of halogens is 1. The minimum absolute atomic E-state index is 0.261. The van der Waals surface area contributed by atoms with Crippen LogP contribution in [0.5, 0.6) is 0 Å². The van der Waals surface area contributed by atoms with Crippen LogP contribution in [0.3, 0.4) is 0 Å². The van der Waals surface area contributed by atoms with Crippen molar-refractivity contribution in [2.45, 2.75) is 6.42 Å². The third kappa shape index (κ3) is 3.86. The second kappa shape index (κ2) is 6.92. The number of urea groups is 1. The number of benzene rings is 3. The van der Waals surface area contributed by atoms with Crippen molar-refractivity contribution in [3.05, 3.63) is 78.1 Å². The predicted octanol–water partition coefficient (Wildman–Crippen LogP) is 4.34. The Bertz CT molecular complexity index is 827. The molecule has 0 bridgehead atoms. The summed E-state index contributed by atoms with van der Waals surface area (Å²) in [6, 6.07) is 19.8. The van der Waals surface area contributed by atoms with E-state index in [0.717, 1.165) is 22.0 Å². The van der Waals surface area contributed by atoms with E-state index in [0.29, 0.717) is 13.0 Å². The first-order valence-corrected chi connectivity index (χ1v) is 7.49. The summed E-state index contributed by atoms with van der Waals surface area (Å²) in [5, 5.41) is 7.72. The lowest BCUT2D eigenvalue weighted by atomic mass is 10.1. The lowest BCUT2D eigenvalue weighted by Gasteiger charge is -2.10. The summed E-state index contributed by atoms with van der Waals surface area (Å²) in [6.07, 6.45) is 0.584. The quantitative estimate of drug-likeness (QED) is 0.739. The minimum Gasteiger partial charge on any atom is -0.338 e. The molecule has 0 aliphatic rings. The van der Waals surface area contributed by atoms with E-state index in [-0.39, 0.29) is 11.8 Å². The Kier molecular flexibility index (Phi) is 4.52. The standard InChI is InChI=1S/C19H17FN2O/c20-16-8-3-5-14(13-16)11-12-21-19(23)22-18-10-4-7-15-6-1-2-9-17(15)18/h1-10,13H,11-12H2,(H2,21,22,23). The van der Waals surface area contributed by atoms with Crippen molar-refractivity contribution in [1.82, 2.24) is 5.32 Å². The molecule has 116 valence electrons. The Balaban J connectivity index is 1.59. The number of amides is 2. The van der Waals surface area contributed by atoms with Gasteiger partial charge in [0.05, 0.1) is 5.69 Å². The zero-order chi connectivity index (χ0) is 16.1. The maximum atomic E-state index is 13.1. The molecule has 4 heteroatoms. The van der Waals surface area contributed by atoms with Gasteiger partial charge in [-0.1, -0.05) is 48.5 Å². The van der Waals surface area contributed by atoms with Crippen molar-refractivity contribution in [2.75, 3.05) is 11.9 Å². The van der Waals surface area contributed by atoms with Crippen molar-refractivity contribution < 1.29 is 9.18 Å². The number of anilines is 1. The fourth-order valence-corrected chi connectivity index (χ4v) is 2.51. The average molecular weight is 308 g/mol. The summed E-state index contributed by atoms with van der Waals surface area (Å²) in [4.78, 5) is 12.0. The zero-order valence-electron chi connectivity index (χ0n) is 12.6. The molecule has 0 radical (unpaired) electrons. The van der Waals surface area contributed by atoms with E-state index in [1.54, 1.807) is 6.07 Å². The van der Waals surface area contributed by atoms with Gasteiger partial charge in [0.25, 0.3) is 0 Å². The van der Waals surface area contributed by atoms with Gasteiger partial charge in [-0.2, -0.15) is 0 Å². The van der Waals surface area contributed by atoms with Gasteiger partial charge in [-0.15, -0.1) is 0 Å². The van der Waals surface area contributed by atoms with Crippen LogP contribution < -0.4 is 10.6 Å². The van der Waals surface area contributed by atoms with Crippen LogP contribution in [-0.4, -0.2) is 12.6 Å². The second-order valence-electron chi connectivity index (χ2n) is 5.29. The SMILES string of the molecule is O=C(NCCc1cccc(F)c1)Nc1cccc2ccccc12. The van der Waals surface area contributed by atoms with Gasteiger partial charge in [-0.25, -0.2) is 9.18 Å². The maximum Gasteiger partial charge on any atom is 0.319 e. The van der Waals surface area contributed by atoms with Gasteiger partial charge in [0.2, 0.25) is 0 Å². The van der Waals surface area contributed by atoms with Gasteiger partial charge in [0.15, 0.2) is 0 Å². The lowest BCUT2D eigenvalue weighted by molar-refractivity contribution is 0.252. The Hall–Kier alpha value is -2.88. The summed E-state index contributed by atoms with van der Waals surface area (Å²) in [5.41, 5.74) is 1.63. The van der Waals surface area contributed by atoms with E-state index < -0.39 is 0 Å². The molecule has 23 heavy (non-hydrogen) atoms. The summed E-state index contributed by atoms with van der Waals surface area (Å²) in [7, 11) is 0. The molecule has 0 aliphatic carbocycles. The topological polar surface area (TPSA) is 41.1 Å². The first-order chi connectivity index (χ1) is 11.2. The molecule has 3 nitrogen and oxygen atoms in total. The Labute approximate surface area is 134 Å². The fourth-order valence-electron chi connectivity index (χ4n) is 2.51. The molecular formula is C19H17FN2O. The summed E-state index contributed by atoms with van der Waals surface area (Å²) < 4.78 is 13.1. The summed E-state index contributed by atoms with van der Waals surface area (Å²) in [6.45, 7) is 0.444. The molecule has 2 N–H and O–H groups in total. The molecular weight excluding hydrogens is 291 g/mol. The molecule has 0 aromatic heterocycles. The van der Waals surface area contributed by atoms with Crippen LogP contribution in [0.15, 0.2) is 66.7 Å². The van der Waals surface area contributed by atoms with E-state index in [9.17, 15) is 9.18 Å². The first kappa shape index (κ1) is 15.0. The molecule has 3 aromatic rings. The number of carbonyl (C=O) groups excluding carboxylic acids is 1. The van der Waals surface area contributed by atoms with Gasteiger partial charge in [-0.3, -0.25) is 0 Å². The van der Waals surface area contributed by atoms with Crippen LogP contribution in [0, 0.1) is 5.82 Å². The van der Waals surface area contributed by atoms with Crippen LogP contribution in [0.2, 0.25) is 0 Å². The minimum atomic E-state index is -0.266. The highest BCUT2D eigenvalue weighted by Gasteiger charge is 2.05. The summed E-state index contributed by atoms with van der Waals surface area (Å²) >= 11 is 0. The number of nitrogens with one attached hydrogen (secondary N) is 2. The number of hydrogen-bond donors (Lipinski definition) is 2. The van der Waals surface area contributed by atoms with E-state index in [2.05, 4.69) is 10.6 Å². The highest BCUT2D eigenvalue weighted by Crippen LogP contribution is 2.22. The van der Waals surface area contributed by atoms with Gasteiger partial charge in [-0.05, 0) is 35.6 Å². The fraction of sp³-hybridized carbons (Fsp3) is 0.105. The molecule has 0 unspecified atom stereocenters. The van der Waals surface area contributed by atoms with Crippen LogP contribution in [0.4, 0.5) is 14.9 Å². The van der Waals surface area contributed by atoms with Gasteiger partial charge in [0, 0.05) is 11.9 Å². The van der Waals surface area contributed by atoms with Gasteiger partial charge in [0.1, 0.15) is 5.82 Å². The third-order valence-corrected chi connectivity index (χ3v) is 3.63. The normalized spacial score (nSPS) is 10.5. The molecule has 0 fully saturated rings. The Morgan fingerprint density at radius 2 is 1.74 bits per heavy atom. The van der Waals surface area contributed by atoms with Crippen molar-refractivity contribution >= 4 is 22.5 Å². The number of fused-ring (bicyclic) bond motifs is 1. The molecule has 0 heterocycles.